The quantitative estimate of drug-likeness (QED) is 0.0201. The van der Waals surface area contributed by atoms with Crippen LogP contribution in [0.25, 0.3) is 0 Å². The zero-order valence-corrected chi connectivity index (χ0v) is 37.7. The van der Waals surface area contributed by atoms with E-state index in [4.69, 9.17) is 13.8 Å². The van der Waals surface area contributed by atoms with Gasteiger partial charge >= 0.3 is 19.8 Å². The average Bonchev–Trinajstić information content (AvgIpc) is 3.21. The molecule has 3 atom stereocenters. The molecule has 11 nitrogen and oxygen atoms in total. The number of allylic oxidation sites excluding steroid dienone is 10. The third-order valence-corrected chi connectivity index (χ3v) is 10.5. The van der Waals surface area contributed by atoms with Gasteiger partial charge in [-0.15, -0.1) is 0 Å². The number of carbonyl (C=O) groups excluding carboxylic acids is 2. The molecule has 4 N–H and O–H groups in total. The van der Waals surface area contributed by atoms with Crippen LogP contribution in [0.15, 0.2) is 60.8 Å². The molecule has 1 amide bonds. The second-order valence-electron chi connectivity index (χ2n) is 15.2. The lowest BCUT2D eigenvalue weighted by molar-refractivity contribution is -0.147. The van der Waals surface area contributed by atoms with E-state index in [2.05, 4.69) is 67.8 Å². The van der Waals surface area contributed by atoms with E-state index in [0.29, 0.717) is 19.3 Å². The van der Waals surface area contributed by atoms with Gasteiger partial charge in [-0.05, 0) is 51.4 Å². The minimum atomic E-state index is -4.77. The van der Waals surface area contributed by atoms with E-state index in [9.17, 15) is 34.1 Å². The van der Waals surface area contributed by atoms with Gasteiger partial charge in [-0.1, -0.05) is 184 Å². The molecule has 0 spiro atoms. The summed E-state index contributed by atoms with van der Waals surface area (Å²) in [4.78, 5) is 45.9. The SMILES string of the molecule is CC/C=C\C/C=C\C/C=C\C/C=C\C/C=C\CCCC(=O)NC(COP(=O)(O)OCC(O)COC(=O)CCCCCCCCCCCCCCCCCCCC)C(=O)O. The van der Waals surface area contributed by atoms with Gasteiger partial charge in [0, 0.05) is 12.8 Å². The van der Waals surface area contributed by atoms with Gasteiger partial charge in [0.2, 0.25) is 5.91 Å². The predicted octanol–water partition coefficient (Wildman–Crippen LogP) is 11.9. The van der Waals surface area contributed by atoms with Crippen molar-refractivity contribution in [1.29, 1.82) is 0 Å². The van der Waals surface area contributed by atoms with E-state index in [-0.39, 0.29) is 12.8 Å². The molecule has 0 aliphatic heterocycles. The molecule has 3 unspecified atom stereocenters. The number of aliphatic carboxylic acids is 1. The van der Waals surface area contributed by atoms with Crippen molar-refractivity contribution >= 4 is 25.7 Å². The summed E-state index contributed by atoms with van der Waals surface area (Å²) in [6.45, 7) is 2.45. The molecule has 0 aromatic carbocycles. The van der Waals surface area contributed by atoms with Gasteiger partial charge in [-0.3, -0.25) is 18.6 Å². The van der Waals surface area contributed by atoms with Crippen molar-refractivity contribution in [2.24, 2.45) is 0 Å². The number of phosphoric ester groups is 1. The molecule has 0 aliphatic carbocycles. The highest BCUT2D eigenvalue weighted by atomic mass is 31.2. The molecule has 0 aromatic heterocycles. The molecule has 0 saturated carbocycles. The van der Waals surface area contributed by atoms with Crippen LogP contribution < -0.4 is 5.32 Å². The fraction of sp³-hybridized carbons (Fsp3) is 0.723. The molecule has 59 heavy (non-hydrogen) atoms. The number of phosphoric acid groups is 1. The summed E-state index contributed by atoms with van der Waals surface area (Å²) in [6, 6.07) is -1.58. The topological polar surface area (TPSA) is 169 Å². The number of amides is 1. The van der Waals surface area contributed by atoms with Gasteiger partial charge in [-0.25, -0.2) is 9.36 Å². The van der Waals surface area contributed by atoms with Gasteiger partial charge in [0.15, 0.2) is 6.04 Å². The van der Waals surface area contributed by atoms with E-state index in [1.807, 2.05) is 12.2 Å². The van der Waals surface area contributed by atoms with Crippen LogP contribution in [0.4, 0.5) is 0 Å². The van der Waals surface area contributed by atoms with Crippen LogP contribution in [-0.4, -0.2) is 64.9 Å². The number of hydrogen-bond acceptors (Lipinski definition) is 8. The normalized spacial score (nSPS) is 14.2. The second-order valence-corrected chi connectivity index (χ2v) is 16.7. The van der Waals surface area contributed by atoms with Gasteiger partial charge in [0.25, 0.3) is 0 Å². The summed E-state index contributed by atoms with van der Waals surface area (Å²) in [5.41, 5.74) is 0. The summed E-state index contributed by atoms with van der Waals surface area (Å²) in [7, 11) is -4.77. The number of carboxylic acids is 1. The molecule has 340 valence electrons. The first-order chi connectivity index (χ1) is 28.6. The third-order valence-electron chi connectivity index (χ3n) is 9.57. The summed E-state index contributed by atoms with van der Waals surface area (Å²) in [6.07, 6.45) is 48.3. The summed E-state index contributed by atoms with van der Waals surface area (Å²) >= 11 is 0. The van der Waals surface area contributed by atoms with Crippen LogP contribution in [0.3, 0.4) is 0 Å². The Hall–Kier alpha value is -2.82. The molecular weight excluding hydrogens is 769 g/mol. The highest BCUT2D eigenvalue weighted by Crippen LogP contribution is 2.43. The fourth-order valence-electron chi connectivity index (χ4n) is 6.06. The average molecular weight is 852 g/mol. The Morgan fingerprint density at radius 1 is 0.559 bits per heavy atom. The Morgan fingerprint density at radius 3 is 1.44 bits per heavy atom. The molecule has 0 bridgehead atoms. The number of rotatable bonds is 42. The van der Waals surface area contributed by atoms with Crippen molar-refractivity contribution in [3.8, 4) is 0 Å². The Morgan fingerprint density at radius 2 is 0.983 bits per heavy atom. The highest BCUT2D eigenvalue weighted by molar-refractivity contribution is 7.47. The predicted molar refractivity (Wildman–Crippen MR) is 240 cm³/mol. The Bertz CT molecular complexity index is 1230. The van der Waals surface area contributed by atoms with E-state index in [0.717, 1.165) is 51.4 Å². The Labute approximate surface area is 357 Å². The molecule has 0 aromatic rings. The number of aliphatic hydroxyl groups excluding tert-OH is 1. The number of ether oxygens (including phenoxy) is 1. The lowest BCUT2D eigenvalue weighted by Crippen LogP contribution is -2.43. The lowest BCUT2D eigenvalue weighted by atomic mass is 10.0. The summed E-state index contributed by atoms with van der Waals surface area (Å²) < 4.78 is 26.8. The van der Waals surface area contributed by atoms with Crippen molar-refractivity contribution in [2.45, 2.75) is 199 Å². The van der Waals surface area contributed by atoms with Crippen LogP contribution >= 0.6 is 7.82 Å². The number of hydrogen-bond donors (Lipinski definition) is 4. The van der Waals surface area contributed by atoms with E-state index in [1.165, 1.54) is 89.9 Å². The molecule has 0 heterocycles. The van der Waals surface area contributed by atoms with Crippen LogP contribution in [0.2, 0.25) is 0 Å². The smallest absolute Gasteiger partial charge is 0.472 e. The largest absolute Gasteiger partial charge is 0.480 e. The highest BCUT2D eigenvalue weighted by Gasteiger charge is 2.28. The second kappa shape index (κ2) is 41.9. The molecular formula is C47H82NO10P. The lowest BCUT2D eigenvalue weighted by Gasteiger charge is -2.18. The van der Waals surface area contributed by atoms with Crippen LogP contribution in [0.5, 0.6) is 0 Å². The monoisotopic (exact) mass is 852 g/mol. The van der Waals surface area contributed by atoms with E-state index < -0.39 is 57.6 Å². The fourth-order valence-corrected chi connectivity index (χ4v) is 6.83. The first kappa shape index (κ1) is 56.2. The maximum Gasteiger partial charge on any atom is 0.472 e. The number of unbranched alkanes of at least 4 members (excludes halogenated alkanes) is 18. The first-order valence-electron chi connectivity index (χ1n) is 22.8. The van der Waals surface area contributed by atoms with Crippen molar-refractivity contribution in [3.05, 3.63) is 60.8 Å². The third kappa shape index (κ3) is 41.7. The summed E-state index contributed by atoms with van der Waals surface area (Å²) in [5.74, 6) is -2.45. The van der Waals surface area contributed by atoms with E-state index >= 15 is 0 Å². The first-order valence-corrected chi connectivity index (χ1v) is 24.3. The maximum absolute atomic E-state index is 12.3. The summed E-state index contributed by atoms with van der Waals surface area (Å²) in [5, 5.41) is 21.8. The zero-order chi connectivity index (χ0) is 43.5. The Kier molecular flexibility index (Phi) is 39.9. The maximum atomic E-state index is 12.3. The number of carboxylic acid groups (broad SMARTS) is 1. The molecule has 0 radical (unpaired) electrons. The van der Waals surface area contributed by atoms with Crippen molar-refractivity contribution in [3.63, 3.8) is 0 Å². The van der Waals surface area contributed by atoms with Crippen LogP contribution in [0, 0.1) is 0 Å². The van der Waals surface area contributed by atoms with Crippen LogP contribution in [0.1, 0.15) is 187 Å². The van der Waals surface area contributed by atoms with Crippen LogP contribution in [-0.2, 0) is 32.7 Å². The minimum Gasteiger partial charge on any atom is -0.480 e. The molecule has 12 heteroatoms. The van der Waals surface area contributed by atoms with Crippen molar-refractivity contribution in [1.82, 2.24) is 5.32 Å². The number of carbonyl (C=O) groups is 3. The molecule has 0 rings (SSSR count). The standard InChI is InChI=1S/C47H82NO10P/c1-3-5-7-9-11-13-15-17-19-21-23-25-27-29-31-33-35-37-39-46(51)56-40-43(49)41-57-59(54,55)58-42-44(47(52)53)48-45(50)38-36-34-32-30-28-26-24-22-20-18-16-14-12-10-8-6-4-2/h6,8,12,14,18,20,24,26,30,32,43-44,49H,3-5,7,9-11,13,15-17,19,21-23,25,27-29,31,33-42H2,1-2H3,(H,48,50)(H,52,53)(H,54,55)/b8-6-,14-12-,20-18-,26-24-,32-30-. The molecule has 0 saturated heterocycles. The number of esters is 1. The van der Waals surface area contributed by atoms with Gasteiger partial charge in [0.05, 0.1) is 13.2 Å². The molecule has 0 fully saturated rings. The van der Waals surface area contributed by atoms with Gasteiger partial charge in [0.1, 0.15) is 12.7 Å². The van der Waals surface area contributed by atoms with Crippen molar-refractivity contribution < 1.29 is 47.8 Å². The number of aliphatic hydroxyl groups is 1. The zero-order valence-electron chi connectivity index (χ0n) is 36.8. The van der Waals surface area contributed by atoms with Gasteiger partial charge in [-0.2, -0.15) is 0 Å². The molecule has 0 aliphatic rings. The minimum absolute atomic E-state index is 0.0653. The Balaban J connectivity index is 3.94. The van der Waals surface area contributed by atoms with E-state index in [1.54, 1.807) is 0 Å². The number of nitrogens with one attached hydrogen (secondary N) is 1. The van der Waals surface area contributed by atoms with Gasteiger partial charge < -0.3 is 25.2 Å². The van der Waals surface area contributed by atoms with Crippen molar-refractivity contribution in [2.75, 3.05) is 19.8 Å².